The van der Waals surface area contributed by atoms with Gasteiger partial charge in [-0.3, -0.25) is 14.6 Å². The Morgan fingerprint density at radius 2 is 1.78 bits per heavy atom. The molecule has 3 heterocycles. The van der Waals surface area contributed by atoms with Gasteiger partial charge in [0.1, 0.15) is 5.76 Å². The number of fused-ring (bicyclic) bond motifs is 1. The molecule has 0 radical (unpaired) electrons. The van der Waals surface area contributed by atoms with E-state index in [1.165, 1.54) is 0 Å². The molecule has 1 amide bonds. The van der Waals surface area contributed by atoms with Crippen LogP contribution in [0.25, 0.3) is 0 Å². The van der Waals surface area contributed by atoms with Crippen LogP contribution in [-0.2, 0) is 11.3 Å². The lowest BCUT2D eigenvalue weighted by atomic mass is 9.95. The van der Waals surface area contributed by atoms with Crippen LogP contribution in [0.2, 0.25) is 0 Å². The molecule has 0 aliphatic carbocycles. The molecule has 8 heteroatoms. The summed E-state index contributed by atoms with van der Waals surface area (Å²) in [6.07, 6.45) is 0.875. The van der Waals surface area contributed by atoms with Gasteiger partial charge in [0.15, 0.2) is 11.5 Å². The Hall–Kier alpha value is -2.58. The van der Waals surface area contributed by atoms with Gasteiger partial charge in [-0.1, -0.05) is 25.1 Å². The lowest BCUT2D eigenvalue weighted by Crippen LogP contribution is -2.49. The number of benzene rings is 1. The van der Waals surface area contributed by atoms with Crippen molar-refractivity contribution in [2.75, 3.05) is 45.9 Å². The van der Waals surface area contributed by atoms with Crippen LogP contribution in [-0.4, -0.2) is 66.8 Å². The number of nitrogens with one attached hydrogen (secondary N) is 1. The minimum Gasteiger partial charge on any atom is -0.490 e. The van der Waals surface area contributed by atoms with Crippen LogP contribution in [0.15, 0.2) is 28.8 Å². The van der Waals surface area contributed by atoms with Crippen molar-refractivity contribution in [3.05, 3.63) is 41.3 Å². The van der Waals surface area contributed by atoms with Gasteiger partial charge in [0.05, 0.1) is 31.5 Å². The highest BCUT2D eigenvalue weighted by Crippen LogP contribution is 2.34. The van der Waals surface area contributed by atoms with Gasteiger partial charge in [-0.2, -0.15) is 0 Å². The maximum atomic E-state index is 12.9. The van der Waals surface area contributed by atoms with E-state index in [-0.39, 0.29) is 17.9 Å². The Kier molecular flexibility index (Phi) is 7.32. The number of nitrogens with zero attached hydrogens (tertiary/aromatic N) is 3. The zero-order valence-electron chi connectivity index (χ0n) is 19.3. The van der Waals surface area contributed by atoms with Crippen molar-refractivity contribution >= 4 is 5.91 Å². The third-order valence-electron chi connectivity index (χ3n) is 6.01. The predicted molar refractivity (Wildman–Crippen MR) is 121 cm³/mol. The van der Waals surface area contributed by atoms with Crippen LogP contribution in [0.3, 0.4) is 0 Å². The molecule has 1 saturated heterocycles. The molecule has 1 atom stereocenters. The highest BCUT2D eigenvalue weighted by molar-refractivity contribution is 5.78. The Bertz CT molecular complexity index is 905. The number of amides is 1. The molecule has 32 heavy (non-hydrogen) atoms. The fourth-order valence-corrected chi connectivity index (χ4v) is 4.26. The van der Waals surface area contributed by atoms with Crippen molar-refractivity contribution in [1.29, 1.82) is 0 Å². The predicted octanol–water partition coefficient (Wildman–Crippen LogP) is 2.78. The molecule has 174 valence electrons. The largest absolute Gasteiger partial charge is 0.490 e. The van der Waals surface area contributed by atoms with Crippen LogP contribution < -0.4 is 14.8 Å². The minimum absolute atomic E-state index is 0.0522. The average molecular weight is 443 g/mol. The number of piperazine rings is 1. The van der Waals surface area contributed by atoms with Gasteiger partial charge >= 0.3 is 0 Å². The number of carbonyl (C=O) groups is 1. The first-order chi connectivity index (χ1) is 15.5. The minimum atomic E-state index is -0.0728. The summed E-state index contributed by atoms with van der Waals surface area (Å²) in [7, 11) is 0. The molecule has 0 saturated carbocycles. The zero-order valence-corrected chi connectivity index (χ0v) is 19.3. The van der Waals surface area contributed by atoms with E-state index in [9.17, 15) is 4.79 Å². The maximum Gasteiger partial charge on any atom is 0.234 e. The summed E-state index contributed by atoms with van der Waals surface area (Å²) in [4.78, 5) is 17.4. The average Bonchev–Trinajstić information content (AvgIpc) is 3.03. The number of rotatable bonds is 7. The van der Waals surface area contributed by atoms with Crippen LogP contribution in [0.5, 0.6) is 11.5 Å². The molecule has 2 aliphatic heterocycles. The highest BCUT2D eigenvalue weighted by atomic mass is 16.5. The van der Waals surface area contributed by atoms with Crippen molar-refractivity contribution in [1.82, 2.24) is 20.3 Å². The molecular formula is C24H34N4O4. The van der Waals surface area contributed by atoms with Gasteiger partial charge in [-0.25, -0.2) is 0 Å². The summed E-state index contributed by atoms with van der Waals surface area (Å²) in [5.74, 6) is 2.68. The Morgan fingerprint density at radius 3 is 2.47 bits per heavy atom. The van der Waals surface area contributed by atoms with Crippen LogP contribution in [0.4, 0.5) is 0 Å². The van der Waals surface area contributed by atoms with E-state index in [0.29, 0.717) is 19.8 Å². The van der Waals surface area contributed by atoms with Gasteiger partial charge in [-0.15, -0.1) is 0 Å². The zero-order chi connectivity index (χ0) is 22.5. The fourth-order valence-electron chi connectivity index (χ4n) is 4.26. The number of aryl methyl sites for hydroxylation is 1. The van der Waals surface area contributed by atoms with E-state index in [2.05, 4.69) is 34.1 Å². The molecule has 1 N–H and O–H groups in total. The summed E-state index contributed by atoms with van der Waals surface area (Å²) in [6.45, 7) is 12.2. The molecule has 1 aromatic heterocycles. The second-order valence-corrected chi connectivity index (χ2v) is 9.03. The SMILES string of the molecule is Cc1cc(CN2CCN(CC(=O)NC(c3ccc4c(c3)OCCCO4)C(C)C)CC2)no1. The second kappa shape index (κ2) is 10.4. The number of ether oxygens (including phenoxy) is 2. The first-order valence-corrected chi connectivity index (χ1v) is 11.5. The quantitative estimate of drug-likeness (QED) is 0.706. The molecule has 1 aromatic carbocycles. The Balaban J connectivity index is 1.30. The van der Waals surface area contributed by atoms with Crippen molar-refractivity contribution in [2.24, 2.45) is 5.92 Å². The van der Waals surface area contributed by atoms with Crippen molar-refractivity contribution in [2.45, 2.75) is 39.8 Å². The van der Waals surface area contributed by atoms with Gasteiger partial charge in [0.2, 0.25) is 5.91 Å². The van der Waals surface area contributed by atoms with Gasteiger partial charge < -0.3 is 19.3 Å². The van der Waals surface area contributed by atoms with Crippen molar-refractivity contribution < 1.29 is 18.8 Å². The van der Waals surface area contributed by atoms with E-state index in [0.717, 1.165) is 67.7 Å². The third-order valence-corrected chi connectivity index (χ3v) is 6.01. The van der Waals surface area contributed by atoms with Crippen LogP contribution >= 0.6 is 0 Å². The number of hydrogen-bond acceptors (Lipinski definition) is 7. The van der Waals surface area contributed by atoms with E-state index in [1.54, 1.807) is 0 Å². The van der Waals surface area contributed by atoms with Gasteiger partial charge in [0, 0.05) is 45.2 Å². The molecule has 8 nitrogen and oxygen atoms in total. The van der Waals surface area contributed by atoms with E-state index < -0.39 is 0 Å². The molecule has 1 fully saturated rings. The summed E-state index contributed by atoms with van der Waals surface area (Å²) in [6, 6.07) is 7.90. The highest BCUT2D eigenvalue weighted by Gasteiger charge is 2.24. The summed E-state index contributed by atoms with van der Waals surface area (Å²) >= 11 is 0. The Labute approximate surface area is 189 Å². The normalized spacial score (nSPS) is 18.4. The van der Waals surface area contributed by atoms with Crippen molar-refractivity contribution in [3.8, 4) is 11.5 Å². The Morgan fingerprint density at radius 1 is 1.06 bits per heavy atom. The number of carbonyl (C=O) groups excluding carboxylic acids is 1. The van der Waals surface area contributed by atoms with Crippen molar-refractivity contribution in [3.63, 3.8) is 0 Å². The van der Waals surface area contributed by atoms with Gasteiger partial charge in [0.25, 0.3) is 0 Å². The molecule has 1 unspecified atom stereocenters. The number of aromatic nitrogens is 1. The third kappa shape index (κ3) is 5.81. The van der Waals surface area contributed by atoms with E-state index >= 15 is 0 Å². The first kappa shape index (κ1) is 22.6. The summed E-state index contributed by atoms with van der Waals surface area (Å²) in [5.41, 5.74) is 2.01. The van der Waals surface area contributed by atoms with Gasteiger partial charge in [-0.05, 0) is 30.5 Å². The maximum absolute atomic E-state index is 12.9. The monoisotopic (exact) mass is 442 g/mol. The summed E-state index contributed by atoms with van der Waals surface area (Å²) < 4.78 is 16.7. The molecule has 0 spiro atoms. The second-order valence-electron chi connectivity index (χ2n) is 9.03. The first-order valence-electron chi connectivity index (χ1n) is 11.5. The lowest BCUT2D eigenvalue weighted by molar-refractivity contribution is -0.123. The lowest BCUT2D eigenvalue weighted by Gasteiger charge is -2.34. The molecule has 0 bridgehead atoms. The molecule has 4 rings (SSSR count). The standard InChI is InChI=1S/C24H34N4O4/c1-17(2)24(19-5-6-21-22(14-19)31-12-4-11-30-21)25-23(29)16-28-9-7-27(8-10-28)15-20-13-18(3)32-26-20/h5-6,13-14,17,24H,4,7-12,15-16H2,1-3H3,(H,25,29). The summed E-state index contributed by atoms with van der Waals surface area (Å²) in [5, 5.41) is 7.32. The molecule has 2 aromatic rings. The van der Waals surface area contributed by atoms with Crippen LogP contribution in [0, 0.1) is 12.8 Å². The van der Waals surface area contributed by atoms with E-state index in [1.807, 2.05) is 31.2 Å². The molecular weight excluding hydrogens is 408 g/mol. The smallest absolute Gasteiger partial charge is 0.234 e. The number of hydrogen-bond donors (Lipinski definition) is 1. The topological polar surface area (TPSA) is 80.1 Å². The van der Waals surface area contributed by atoms with Crippen LogP contribution in [0.1, 0.15) is 43.3 Å². The molecule has 2 aliphatic rings. The van der Waals surface area contributed by atoms with E-state index in [4.69, 9.17) is 14.0 Å². The fraction of sp³-hybridized carbons (Fsp3) is 0.583.